The van der Waals surface area contributed by atoms with E-state index in [1.807, 2.05) is 31.2 Å². The van der Waals surface area contributed by atoms with Crippen LogP contribution in [0.2, 0.25) is 0 Å². The minimum absolute atomic E-state index is 0.0886. The molecule has 0 unspecified atom stereocenters. The van der Waals surface area contributed by atoms with Crippen molar-refractivity contribution in [2.24, 2.45) is 0 Å². The summed E-state index contributed by atoms with van der Waals surface area (Å²) in [7, 11) is 0. The maximum absolute atomic E-state index is 10.7. The standard InChI is InChI=1S/C20H27NO2/c1-3-4-5-6-7-8-12-18-16(2)20(23-15-14-22)17-11-9-10-13-19(17)21-18/h9-11,13-14H,3-8,12,15H2,1-2H3. The summed E-state index contributed by atoms with van der Waals surface area (Å²) in [6, 6.07) is 7.98. The number of aromatic nitrogens is 1. The fraction of sp³-hybridized carbons (Fsp3) is 0.500. The molecule has 0 spiro atoms. The van der Waals surface area contributed by atoms with E-state index in [4.69, 9.17) is 9.72 Å². The van der Waals surface area contributed by atoms with Gasteiger partial charge >= 0.3 is 0 Å². The molecule has 1 aromatic heterocycles. The van der Waals surface area contributed by atoms with E-state index in [0.29, 0.717) is 0 Å². The number of aryl methyl sites for hydroxylation is 1. The molecule has 0 N–H and O–H groups in total. The van der Waals surface area contributed by atoms with Crippen LogP contribution in [0.3, 0.4) is 0 Å². The Balaban J connectivity index is 2.12. The number of aldehydes is 1. The minimum Gasteiger partial charge on any atom is -0.485 e. The molecule has 0 aliphatic heterocycles. The number of para-hydroxylation sites is 1. The molecule has 0 aliphatic rings. The summed E-state index contributed by atoms with van der Waals surface area (Å²) in [4.78, 5) is 15.5. The number of hydrogen-bond donors (Lipinski definition) is 0. The largest absolute Gasteiger partial charge is 0.485 e. The van der Waals surface area contributed by atoms with Crippen molar-refractivity contribution in [2.45, 2.75) is 58.8 Å². The molecule has 0 fully saturated rings. The van der Waals surface area contributed by atoms with E-state index in [2.05, 4.69) is 6.92 Å². The van der Waals surface area contributed by atoms with Crippen LogP contribution in [-0.4, -0.2) is 17.9 Å². The zero-order valence-corrected chi connectivity index (χ0v) is 14.3. The predicted octanol–water partition coefficient (Wildman–Crippen LogP) is 5.02. The lowest BCUT2D eigenvalue weighted by Gasteiger charge is -2.14. The molecular weight excluding hydrogens is 286 g/mol. The second-order valence-corrected chi connectivity index (χ2v) is 6.03. The van der Waals surface area contributed by atoms with Gasteiger partial charge in [0.15, 0.2) is 6.29 Å². The van der Waals surface area contributed by atoms with Crippen molar-refractivity contribution in [3.63, 3.8) is 0 Å². The Kier molecular flexibility index (Phi) is 7.05. The van der Waals surface area contributed by atoms with E-state index in [0.717, 1.165) is 47.0 Å². The van der Waals surface area contributed by atoms with Crippen LogP contribution in [-0.2, 0) is 11.2 Å². The molecule has 3 heteroatoms. The first kappa shape index (κ1) is 17.5. The quantitative estimate of drug-likeness (QED) is 0.456. The number of fused-ring (bicyclic) bond motifs is 1. The number of rotatable bonds is 10. The van der Waals surface area contributed by atoms with Crippen LogP contribution >= 0.6 is 0 Å². The molecule has 1 heterocycles. The molecule has 0 bridgehead atoms. The van der Waals surface area contributed by atoms with Crippen molar-refractivity contribution >= 4 is 17.2 Å². The molecule has 2 aromatic rings. The number of unbranched alkanes of at least 4 members (excludes halogenated alkanes) is 5. The molecule has 0 amide bonds. The molecule has 0 aliphatic carbocycles. The van der Waals surface area contributed by atoms with Gasteiger partial charge in [-0.1, -0.05) is 51.2 Å². The average Bonchev–Trinajstić information content (AvgIpc) is 2.57. The van der Waals surface area contributed by atoms with Gasteiger partial charge in [-0.15, -0.1) is 0 Å². The summed E-state index contributed by atoms with van der Waals surface area (Å²) in [5, 5.41) is 0.985. The highest BCUT2D eigenvalue weighted by Gasteiger charge is 2.12. The molecule has 2 rings (SSSR count). The van der Waals surface area contributed by atoms with Crippen molar-refractivity contribution in [1.29, 1.82) is 0 Å². The minimum atomic E-state index is 0.0886. The molecule has 3 nitrogen and oxygen atoms in total. The summed E-state index contributed by atoms with van der Waals surface area (Å²) in [5.74, 6) is 0.809. The fourth-order valence-corrected chi connectivity index (χ4v) is 2.94. The number of hydrogen-bond acceptors (Lipinski definition) is 3. The molecule has 1 aromatic carbocycles. The van der Waals surface area contributed by atoms with E-state index in [1.165, 1.54) is 32.1 Å². The highest BCUT2D eigenvalue weighted by molar-refractivity contribution is 5.86. The lowest BCUT2D eigenvalue weighted by molar-refractivity contribution is -0.109. The normalized spacial score (nSPS) is 10.9. The number of carbonyl (C=O) groups excluding carboxylic acids is 1. The van der Waals surface area contributed by atoms with Gasteiger partial charge in [-0.2, -0.15) is 0 Å². The monoisotopic (exact) mass is 313 g/mol. The number of ether oxygens (including phenoxy) is 1. The van der Waals surface area contributed by atoms with E-state index < -0.39 is 0 Å². The van der Waals surface area contributed by atoms with E-state index in [-0.39, 0.29) is 6.61 Å². The van der Waals surface area contributed by atoms with Crippen molar-refractivity contribution in [1.82, 2.24) is 4.98 Å². The zero-order chi connectivity index (χ0) is 16.5. The van der Waals surface area contributed by atoms with Crippen LogP contribution < -0.4 is 4.74 Å². The van der Waals surface area contributed by atoms with E-state index in [1.54, 1.807) is 0 Å². The Labute approximate surface area is 139 Å². The maximum Gasteiger partial charge on any atom is 0.157 e. The molecule has 0 radical (unpaired) electrons. The van der Waals surface area contributed by atoms with Gasteiger partial charge in [-0.25, -0.2) is 0 Å². The highest BCUT2D eigenvalue weighted by atomic mass is 16.5. The van der Waals surface area contributed by atoms with Crippen LogP contribution in [0.15, 0.2) is 24.3 Å². The molecule has 0 atom stereocenters. The number of nitrogens with zero attached hydrogens (tertiary/aromatic N) is 1. The van der Waals surface area contributed by atoms with Crippen LogP contribution in [0.25, 0.3) is 10.9 Å². The third kappa shape index (κ3) is 4.78. The smallest absolute Gasteiger partial charge is 0.157 e. The predicted molar refractivity (Wildman–Crippen MR) is 95.1 cm³/mol. The fourth-order valence-electron chi connectivity index (χ4n) is 2.94. The third-order valence-electron chi connectivity index (χ3n) is 4.24. The Morgan fingerprint density at radius 1 is 1.09 bits per heavy atom. The van der Waals surface area contributed by atoms with Crippen molar-refractivity contribution < 1.29 is 9.53 Å². The maximum atomic E-state index is 10.7. The lowest BCUT2D eigenvalue weighted by atomic mass is 10.0. The molecule has 124 valence electrons. The molecule has 0 saturated heterocycles. The SMILES string of the molecule is CCCCCCCCc1nc2ccccc2c(OCC=O)c1C. The van der Waals surface area contributed by atoms with E-state index >= 15 is 0 Å². The van der Waals surface area contributed by atoms with Crippen LogP contribution in [0.1, 0.15) is 56.7 Å². The van der Waals surface area contributed by atoms with Gasteiger partial charge < -0.3 is 4.74 Å². The lowest BCUT2D eigenvalue weighted by Crippen LogP contribution is -2.04. The van der Waals surface area contributed by atoms with Gasteiger partial charge in [0.1, 0.15) is 12.4 Å². The van der Waals surface area contributed by atoms with Crippen LogP contribution in [0.4, 0.5) is 0 Å². The van der Waals surface area contributed by atoms with Gasteiger partial charge in [0.05, 0.1) is 5.52 Å². The number of benzene rings is 1. The topological polar surface area (TPSA) is 39.2 Å². The Morgan fingerprint density at radius 3 is 2.61 bits per heavy atom. The van der Waals surface area contributed by atoms with Crippen LogP contribution in [0.5, 0.6) is 5.75 Å². The number of carbonyl (C=O) groups is 1. The van der Waals surface area contributed by atoms with Gasteiger partial charge in [-0.05, 0) is 31.9 Å². The van der Waals surface area contributed by atoms with Crippen LogP contribution in [0, 0.1) is 6.92 Å². The first-order chi connectivity index (χ1) is 11.3. The summed E-state index contributed by atoms with van der Waals surface area (Å²) in [6.45, 7) is 4.38. The van der Waals surface area contributed by atoms with Gasteiger partial charge in [0.25, 0.3) is 0 Å². The number of pyridine rings is 1. The van der Waals surface area contributed by atoms with Gasteiger partial charge in [-0.3, -0.25) is 9.78 Å². The summed E-state index contributed by atoms with van der Waals surface area (Å²) in [5.41, 5.74) is 3.11. The molecule has 0 saturated carbocycles. The first-order valence-corrected chi connectivity index (χ1v) is 8.72. The second kappa shape index (κ2) is 9.29. The summed E-state index contributed by atoms with van der Waals surface area (Å²) < 4.78 is 5.69. The van der Waals surface area contributed by atoms with Gasteiger partial charge in [0, 0.05) is 16.6 Å². The average molecular weight is 313 g/mol. The van der Waals surface area contributed by atoms with Crippen molar-refractivity contribution in [3.05, 3.63) is 35.5 Å². The second-order valence-electron chi connectivity index (χ2n) is 6.03. The molecule has 23 heavy (non-hydrogen) atoms. The Morgan fingerprint density at radius 2 is 1.83 bits per heavy atom. The van der Waals surface area contributed by atoms with Crippen molar-refractivity contribution in [3.8, 4) is 5.75 Å². The highest BCUT2D eigenvalue weighted by Crippen LogP contribution is 2.31. The van der Waals surface area contributed by atoms with E-state index in [9.17, 15) is 4.79 Å². The molecular formula is C20H27NO2. The summed E-state index contributed by atoms with van der Waals surface area (Å²) >= 11 is 0. The van der Waals surface area contributed by atoms with Crippen molar-refractivity contribution in [2.75, 3.05) is 6.61 Å². The summed E-state index contributed by atoms with van der Waals surface area (Å²) in [6.07, 6.45) is 9.41. The first-order valence-electron chi connectivity index (χ1n) is 8.72. The third-order valence-corrected chi connectivity index (χ3v) is 4.24. The Bertz CT molecular complexity index is 637. The Hall–Kier alpha value is -1.90. The van der Waals surface area contributed by atoms with Gasteiger partial charge in [0.2, 0.25) is 0 Å². The zero-order valence-electron chi connectivity index (χ0n) is 14.3.